The van der Waals surface area contributed by atoms with E-state index in [4.69, 9.17) is 5.84 Å². The number of benzene rings is 1. The molecule has 0 aliphatic rings. The van der Waals surface area contributed by atoms with Gasteiger partial charge in [0, 0.05) is 19.6 Å². The van der Waals surface area contributed by atoms with Crippen LogP contribution in [0.15, 0.2) is 48.5 Å². The fraction of sp³-hybridized carbons (Fsp3) is 0.267. The SMILES string of the molecule is NNc1cccc(CN(CCO)Cc2ccccc2)n1. The molecule has 5 nitrogen and oxygen atoms in total. The Morgan fingerprint density at radius 2 is 1.85 bits per heavy atom. The number of nitrogens with one attached hydrogen (secondary N) is 1. The van der Waals surface area contributed by atoms with Gasteiger partial charge in [0.1, 0.15) is 5.82 Å². The van der Waals surface area contributed by atoms with Crippen molar-refractivity contribution in [2.45, 2.75) is 13.1 Å². The second-order valence-electron chi connectivity index (χ2n) is 4.58. The topological polar surface area (TPSA) is 74.4 Å². The van der Waals surface area contributed by atoms with Crippen LogP contribution >= 0.6 is 0 Å². The number of hydrogen-bond donors (Lipinski definition) is 3. The normalized spacial score (nSPS) is 10.8. The zero-order valence-electron chi connectivity index (χ0n) is 11.4. The Morgan fingerprint density at radius 3 is 2.55 bits per heavy atom. The number of nitrogens with two attached hydrogens (primary N) is 1. The molecule has 0 radical (unpaired) electrons. The molecule has 1 heterocycles. The molecule has 0 bridgehead atoms. The van der Waals surface area contributed by atoms with Gasteiger partial charge in [0.05, 0.1) is 12.3 Å². The number of hydrazine groups is 1. The van der Waals surface area contributed by atoms with Crippen molar-refractivity contribution in [2.75, 3.05) is 18.6 Å². The first-order valence-electron chi connectivity index (χ1n) is 6.61. The van der Waals surface area contributed by atoms with Gasteiger partial charge in [-0.25, -0.2) is 10.8 Å². The first kappa shape index (κ1) is 14.5. The summed E-state index contributed by atoms with van der Waals surface area (Å²) >= 11 is 0. The van der Waals surface area contributed by atoms with E-state index < -0.39 is 0 Å². The molecule has 1 aromatic carbocycles. The molecule has 106 valence electrons. The lowest BCUT2D eigenvalue weighted by Gasteiger charge is -2.21. The van der Waals surface area contributed by atoms with Gasteiger partial charge in [-0.1, -0.05) is 36.4 Å². The molecule has 4 N–H and O–H groups in total. The first-order chi connectivity index (χ1) is 9.81. The Labute approximate surface area is 119 Å². The Hall–Kier alpha value is -1.95. The predicted octanol–water partition coefficient (Wildman–Crippen LogP) is 1.36. The molecule has 0 fully saturated rings. The Balaban J connectivity index is 2.04. The van der Waals surface area contributed by atoms with E-state index in [0.29, 0.717) is 18.9 Å². The van der Waals surface area contributed by atoms with Crippen LogP contribution in [0.1, 0.15) is 11.3 Å². The fourth-order valence-corrected chi connectivity index (χ4v) is 2.07. The van der Waals surface area contributed by atoms with Crippen molar-refractivity contribution in [3.63, 3.8) is 0 Å². The van der Waals surface area contributed by atoms with Crippen molar-refractivity contribution in [2.24, 2.45) is 5.84 Å². The Bertz CT molecular complexity index is 518. The maximum atomic E-state index is 9.20. The number of aromatic nitrogens is 1. The highest BCUT2D eigenvalue weighted by Gasteiger charge is 2.07. The van der Waals surface area contributed by atoms with Gasteiger partial charge in [-0.2, -0.15) is 0 Å². The highest BCUT2D eigenvalue weighted by Crippen LogP contribution is 2.10. The summed E-state index contributed by atoms with van der Waals surface area (Å²) < 4.78 is 0. The highest BCUT2D eigenvalue weighted by atomic mass is 16.3. The number of nitrogens with zero attached hydrogens (tertiary/aromatic N) is 2. The van der Waals surface area contributed by atoms with Crippen LogP contribution in [-0.4, -0.2) is 28.1 Å². The highest BCUT2D eigenvalue weighted by molar-refractivity contribution is 5.33. The van der Waals surface area contributed by atoms with Gasteiger partial charge in [0.15, 0.2) is 0 Å². The average Bonchev–Trinajstić information content (AvgIpc) is 2.49. The van der Waals surface area contributed by atoms with E-state index in [0.717, 1.165) is 12.2 Å². The minimum absolute atomic E-state index is 0.127. The predicted molar refractivity (Wildman–Crippen MR) is 79.7 cm³/mol. The molecule has 20 heavy (non-hydrogen) atoms. The molecule has 5 heteroatoms. The van der Waals surface area contributed by atoms with Crippen LogP contribution in [-0.2, 0) is 13.1 Å². The van der Waals surface area contributed by atoms with Gasteiger partial charge in [-0.05, 0) is 17.7 Å². The van der Waals surface area contributed by atoms with E-state index in [2.05, 4.69) is 27.4 Å². The third-order valence-electron chi connectivity index (χ3n) is 3.01. The number of hydrogen-bond acceptors (Lipinski definition) is 5. The Kier molecular flexibility index (Phi) is 5.49. The van der Waals surface area contributed by atoms with E-state index in [1.807, 2.05) is 36.4 Å². The molecule has 2 aromatic rings. The maximum absolute atomic E-state index is 9.20. The van der Waals surface area contributed by atoms with Crippen molar-refractivity contribution in [3.8, 4) is 0 Å². The third kappa shape index (κ3) is 4.31. The van der Waals surface area contributed by atoms with Crippen molar-refractivity contribution in [1.29, 1.82) is 0 Å². The summed E-state index contributed by atoms with van der Waals surface area (Å²) in [6.07, 6.45) is 0. The summed E-state index contributed by atoms with van der Waals surface area (Å²) in [7, 11) is 0. The number of aliphatic hydroxyl groups excluding tert-OH is 1. The lowest BCUT2D eigenvalue weighted by Crippen LogP contribution is -2.26. The second-order valence-corrected chi connectivity index (χ2v) is 4.58. The molecule has 0 saturated heterocycles. The molecule has 0 spiro atoms. The maximum Gasteiger partial charge on any atom is 0.140 e. The van der Waals surface area contributed by atoms with Crippen LogP contribution in [0.5, 0.6) is 0 Å². The van der Waals surface area contributed by atoms with Crippen LogP contribution in [0, 0.1) is 0 Å². The summed E-state index contributed by atoms with van der Waals surface area (Å²) in [5.74, 6) is 6.01. The zero-order valence-corrected chi connectivity index (χ0v) is 11.4. The fourth-order valence-electron chi connectivity index (χ4n) is 2.07. The summed E-state index contributed by atoms with van der Waals surface area (Å²) in [6.45, 7) is 2.19. The Morgan fingerprint density at radius 1 is 1.05 bits per heavy atom. The summed E-state index contributed by atoms with van der Waals surface area (Å²) in [5.41, 5.74) is 4.68. The second kappa shape index (κ2) is 7.59. The van der Waals surface area contributed by atoms with Gasteiger partial charge >= 0.3 is 0 Å². The van der Waals surface area contributed by atoms with E-state index in [1.54, 1.807) is 0 Å². The van der Waals surface area contributed by atoms with Crippen molar-refractivity contribution >= 4 is 5.82 Å². The molecule has 2 rings (SSSR count). The molecule has 0 aliphatic carbocycles. The lowest BCUT2D eigenvalue weighted by molar-refractivity contribution is 0.183. The van der Waals surface area contributed by atoms with Gasteiger partial charge in [-0.15, -0.1) is 0 Å². The van der Waals surface area contributed by atoms with Crippen molar-refractivity contribution in [1.82, 2.24) is 9.88 Å². The lowest BCUT2D eigenvalue weighted by atomic mass is 10.2. The van der Waals surface area contributed by atoms with Crippen LogP contribution < -0.4 is 11.3 Å². The molecule has 0 atom stereocenters. The summed E-state index contributed by atoms with van der Waals surface area (Å²) in [5, 5.41) is 9.20. The van der Waals surface area contributed by atoms with Crippen LogP contribution in [0.4, 0.5) is 5.82 Å². The zero-order chi connectivity index (χ0) is 14.2. The van der Waals surface area contributed by atoms with Crippen LogP contribution in [0.2, 0.25) is 0 Å². The smallest absolute Gasteiger partial charge is 0.140 e. The summed E-state index contributed by atoms with van der Waals surface area (Å²) in [4.78, 5) is 6.55. The standard InChI is InChI=1S/C15H20N4O/c16-18-15-8-4-7-14(17-15)12-19(9-10-20)11-13-5-2-1-3-6-13/h1-8,20H,9-12,16H2,(H,17,18). The molecular formula is C15H20N4O. The van der Waals surface area contributed by atoms with E-state index in [9.17, 15) is 5.11 Å². The molecule has 0 amide bonds. The number of anilines is 1. The number of nitrogen functional groups attached to an aromatic ring is 1. The third-order valence-corrected chi connectivity index (χ3v) is 3.01. The van der Waals surface area contributed by atoms with Gasteiger partial charge in [-0.3, -0.25) is 4.90 Å². The van der Waals surface area contributed by atoms with Crippen LogP contribution in [0.3, 0.4) is 0 Å². The van der Waals surface area contributed by atoms with E-state index >= 15 is 0 Å². The molecule has 0 unspecified atom stereocenters. The largest absolute Gasteiger partial charge is 0.395 e. The molecule has 0 aliphatic heterocycles. The average molecular weight is 272 g/mol. The molecule has 1 aromatic heterocycles. The number of rotatable bonds is 7. The minimum atomic E-state index is 0.127. The van der Waals surface area contributed by atoms with Gasteiger partial charge in [0.2, 0.25) is 0 Å². The first-order valence-corrected chi connectivity index (χ1v) is 6.61. The molecule has 0 saturated carbocycles. The van der Waals surface area contributed by atoms with Crippen molar-refractivity contribution in [3.05, 3.63) is 59.8 Å². The van der Waals surface area contributed by atoms with Crippen LogP contribution in [0.25, 0.3) is 0 Å². The minimum Gasteiger partial charge on any atom is -0.395 e. The van der Waals surface area contributed by atoms with Gasteiger partial charge in [0.25, 0.3) is 0 Å². The molecular weight excluding hydrogens is 252 g/mol. The van der Waals surface area contributed by atoms with E-state index in [-0.39, 0.29) is 6.61 Å². The van der Waals surface area contributed by atoms with E-state index in [1.165, 1.54) is 5.56 Å². The number of pyridine rings is 1. The number of aliphatic hydroxyl groups is 1. The monoisotopic (exact) mass is 272 g/mol. The summed E-state index contributed by atoms with van der Waals surface area (Å²) in [6, 6.07) is 15.9. The quantitative estimate of drug-likeness (QED) is 0.524. The van der Waals surface area contributed by atoms with Gasteiger partial charge < -0.3 is 10.5 Å². The van der Waals surface area contributed by atoms with Crippen molar-refractivity contribution < 1.29 is 5.11 Å².